The van der Waals surface area contributed by atoms with Crippen molar-refractivity contribution in [1.29, 1.82) is 0 Å². The summed E-state index contributed by atoms with van der Waals surface area (Å²) in [6, 6.07) is 3.80. The number of aliphatic hydroxyl groups is 1. The van der Waals surface area contributed by atoms with E-state index in [1.54, 1.807) is 13.1 Å². The van der Waals surface area contributed by atoms with Crippen LogP contribution in [0.25, 0.3) is 0 Å². The van der Waals surface area contributed by atoms with Gasteiger partial charge in [0.05, 0.1) is 12.7 Å². The first-order valence-corrected chi connectivity index (χ1v) is 5.58. The average Bonchev–Trinajstić information content (AvgIpc) is 2.29. The molecule has 90 valence electrons. The molecule has 0 fully saturated rings. The normalized spacial score (nSPS) is 12.5. The highest BCUT2D eigenvalue weighted by atomic mass is 16.5. The molecule has 0 unspecified atom stereocenters. The first kappa shape index (κ1) is 12.9. The first-order valence-electron chi connectivity index (χ1n) is 5.58. The van der Waals surface area contributed by atoms with Crippen molar-refractivity contribution >= 4 is 5.82 Å². The summed E-state index contributed by atoms with van der Waals surface area (Å²) in [5.41, 5.74) is 0.835. The van der Waals surface area contributed by atoms with E-state index < -0.39 is 6.10 Å². The number of aliphatic hydroxyl groups excluding tert-OH is 1. The van der Waals surface area contributed by atoms with Crippen molar-refractivity contribution < 1.29 is 9.84 Å². The molecule has 0 aliphatic rings. The monoisotopic (exact) mass is 224 g/mol. The third kappa shape index (κ3) is 3.79. The van der Waals surface area contributed by atoms with Gasteiger partial charge in [-0.15, -0.1) is 0 Å². The molecule has 0 saturated carbocycles. The molecule has 1 heterocycles. The van der Waals surface area contributed by atoms with E-state index >= 15 is 0 Å². The number of likely N-dealkylation sites (N-methyl/N-ethyl adjacent to an activating group) is 1. The van der Waals surface area contributed by atoms with Gasteiger partial charge in [0.1, 0.15) is 5.82 Å². The van der Waals surface area contributed by atoms with Crippen LogP contribution in [0.5, 0.6) is 0 Å². The Kier molecular flexibility index (Phi) is 5.22. The van der Waals surface area contributed by atoms with Gasteiger partial charge < -0.3 is 14.7 Å². The Hall–Kier alpha value is -1.13. The zero-order chi connectivity index (χ0) is 12.0. The van der Waals surface area contributed by atoms with E-state index in [4.69, 9.17) is 4.74 Å². The van der Waals surface area contributed by atoms with Gasteiger partial charge in [-0.05, 0) is 25.5 Å². The van der Waals surface area contributed by atoms with Crippen LogP contribution in [0.2, 0.25) is 0 Å². The van der Waals surface area contributed by atoms with Gasteiger partial charge >= 0.3 is 0 Å². The van der Waals surface area contributed by atoms with E-state index in [9.17, 15) is 5.11 Å². The predicted octanol–water partition coefficient (Wildman–Crippen LogP) is 1.61. The molecule has 0 aromatic carbocycles. The topological polar surface area (TPSA) is 45.6 Å². The van der Waals surface area contributed by atoms with Crippen LogP contribution in [0, 0.1) is 0 Å². The van der Waals surface area contributed by atoms with Crippen molar-refractivity contribution in [3.8, 4) is 0 Å². The van der Waals surface area contributed by atoms with Crippen LogP contribution in [0.1, 0.15) is 25.5 Å². The molecule has 0 aliphatic carbocycles. The fourth-order valence-corrected chi connectivity index (χ4v) is 1.33. The van der Waals surface area contributed by atoms with Crippen molar-refractivity contribution in [2.45, 2.75) is 20.0 Å². The van der Waals surface area contributed by atoms with Gasteiger partial charge in [0.25, 0.3) is 0 Å². The van der Waals surface area contributed by atoms with Crippen LogP contribution in [0.4, 0.5) is 5.82 Å². The minimum absolute atomic E-state index is 0.463. The first-order chi connectivity index (χ1) is 7.65. The summed E-state index contributed by atoms with van der Waals surface area (Å²) in [5.74, 6) is 0.893. The number of hydrogen-bond donors (Lipinski definition) is 1. The maximum Gasteiger partial charge on any atom is 0.128 e. The average molecular weight is 224 g/mol. The molecule has 0 saturated heterocycles. The summed E-state index contributed by atoms with van der Waals surface area (Å²) in [5, 5.41) is 9.35. The number of hydrogen-bond acceptors (Lipinski definition) is 4. The van der Waals surface area contributed by atoms with Crippen molar-refractivity contribution in [1.82, 2.24) is 4.98 Å². The molecule has 4 nitrogen and oxygen atoms in total. The summed E-state index contributed by atoms with van der Waals surface area (Å²) in [4.78, 5) is 6.32. The van der Waals surface area contributed by atoms with Crippen molar-refractivity contribution in [3.05, 3.63) is 23.9 Å². The molecule has 1 rings (SSSR count). The molecule has 0 radical (unpaired) electrons. The quantitative estimate of drug-likeness (QED) is 0.746. The van der Waals surface area contributed by atoms with Gasteiger partial charge in [0.15, 0.2) is 0 Å². The Morgan fingerprint density at radius 3 is 2.75 bits per heavy atom. The maximum absolute atomic E-state index is 9.35. The van der Waals surface area contributed by atoms with Crippen LogP contribution in [0.3, 0.4) is 0 Å². The molecular weight excluding hydrogens is 204 g/mol. The second-order valence-electron chi connectivity index (χ2n) is 3.74. The fourth-order valence-electron chi connectivity index (χ4n) is 1.33. The zero-order valence-corrected chi connectivity index (χ0v) is 10.2. The lowest BCUT2D eigenvalue weighted by Crippen LogP contribution is -2.23. The van der Waals surface area contributed by atoms with E-state index in [1.807, 2.05) is 31.0 Å². The summed E-state index contributed by atoms with van der Waals surface area (Å²) < 4.78 is 5.28. The lowest BCUT2D eigenvalue weighted by atomic mass is 10.2. The molecule has 1 N–H and O–H groups in total. The maximum atomic E-state index is 9.35. The third-order valence-electron chi connectivity index (χ3n) is 2.42. The highest BCUT2D eigenvalue weighted by molar-refractivity contribution is 5.38. The molecule has 1 aromatic heterocycles. The number of ether oxygens (including phenoxy) is 1. The summed E-state index contributed by atoms with van der Waals surface area (Å²) >= 11 is 0. The molecule has 0 aliphatic heterocycles. The molecule has 1 atom stereocenters. The lowest BCUT2D eigenvalue weighted by Gasteiger charge is -2.18. The van der Waals surface area contributed by atoms with E-state index in [2.05, 4.69) is 4.98 Å². The van der Waals surface area contributed by atoms with Gasteiger partial charge in [-0.1, -0.05) is 6.07 Å². The lowest BCUT2D eigenvalue weighted by molar-refractivity contribution is 0.154. The number of aromatic nitrogens is 1. The molecule has 0 bridgehead atoms. The standard InChI is InChI=1S/C12H20N2O2/c1-4-16-8-7-14(3)12-6-5-11(9-13-12)10(2)15/h5-6,9-10,15H,4,7-8H2,1-3H3/t10-/m0/s1. The van der Waals surface area contributed by atoms with Crippen molar-refractivity contribution in [2.75, 3.05) is 31.7 Å². The Morgan fingerprint density at radius 2 is 2.25 bits per heavy atom. The van der Waals surface area contributed by atoms with Crippen LogP contribution < -0.4 is 4.90 Å². The number of rotatable bonds is 6. The van der Waals surface area contributed by atoms with Crippen molar-refractivity contribution in [3.63, 3.8) is 0 Å². The third-order valence-corrected chi connectivity index (χ3v) is 2.42. The zero-order valence-electron chi connectivity index (χ0n) is 10.2. The van der Waals surface area contributed by atoms with Gasteiger partial charge in [0, 0.05) is 26.4 Å². The van der Waals surface area contributed by atoms with E-state index in [-0.39, 0.29) is 0 Å². The SMILES string of the molecule is CCOCCN(C)c1ccc([C@H](C)O)cn1. The largest absolute Gasteiger partial charge is 0.389 e. The Balaban J connectivity index is 2.52. The molecular formula is C12H20N2O2. The molecule has 1 aromatic rings. The van der Waals surface area contributed by atoms with Crippen molar-refractivity contribution in [2.24, 2.45) is 0 Å². The molecule has 16 heavy (non-hydrogen) atoms. The predicted molar refractivity (Wildman–Crippen MR) is 64.6 cm³/mol. The van der Waals surface area contributed by atoms with Crippen LogP contribution in [-0.4, -0.2) is 36.9 Å². The second-order valence-corrected chi connectivity index (χ2v) is 3.74. The Morgan fingerprint density at radius 1 is 1.50 bits per heavy atom. The molecule has 0 amide bonds. The number of nitrogens with zero attached hydrogens (tertiary/aromatic N) is 2. The van der Waals surface area contributed by atoms with Crippen LogP contribution in [0.15, 0.2) is 18.3 Å². The van der Waals surface area contributed by atoms with Crippen LogP contribution >= 0.6 is 0 Å². The molecule has 0 spiro atoms. The number of pyridine rings is 1. The minimum Gasteiger partial charge on any atom is -0.389 e. The smallest absolute Gasteiger partial charge is 0.128 e. The van der Waals surface area contributed by atoms with E-state index in [0.29, 0.717) is 6.61 Å². The van der Waals surface area contributed by atoms with Gasteiger partial charge in [-0.3, -0.25) is 0 Å². The Bertz CT molecular complexity index is 298. The Labute approximate surface area is 96.9 Å². The minimum atomic E-state index is -0.463. The fraction of sp³-hybridized carbons (Fsp3) is 0.583. The summed E-state index contributed by atoms with van der Waals surface area (Å²) in [6.45, 7) is 5.97. The second kappa shape index (κ2) is 6.45. The van der Waals surface area contributed by atoms with E-state index in [1.165, 1.54) is 0 Å². The summed E-state index contributed by atoms with van der Waals surface area (Å²) in [7, 11) is 1.98. The summed E-state index contributed by atoms with van der Waals surface area (Å²) in [6.07, 6.45) is 1.24. The van der Waals surface area contributed by atoms with Gasteiger partial charge in [0.2, 0.25) is 0 Å². The molecule has 4 heteroatoms. The van der Waals surface area contributed by atoms with Gasteiger partial charge in [-0.25, -0.2) is 4.98 Å². The number of anilines is 1. The van der Waals surface area contributed by atoms with Gasteiger partial charge in [-0.2, -0.15) is 0 Å². The van der Waals surface area contributed by atoms with E-state index in [0.717, 1.165) is 24.5 Å². The highest BCUT2D eigenvalue weighted by Crippen LogP contribution is 2.14. The van der Waals surface area contributed by atoms with Crippen LogP contribution in [-0.2, 0) is 4.74 Å². The highest BCUT2D eigenvalue weighted by Gasteiger charge is 2.04.